The van der Waals surface area contributed by atoms with E-state index in [0.29, 0.717) is 0 Å². The second-order valence-corrected chi connectivity index (χ2v) is 19.1. The summed E-state index contributed by atoms with van der Waals surface area (Å²) in [5.41, 5.74) is 14.6. The average molecular weight is 901 g/mol. The third-order valence-corrected chi connectivity index (χ3v) is 15.0. The Bertz CT molecular complexity index is 4190. The largest absolute Gasteiger partial charge is 0.367 e. The molecule has 2 aromatic heterocycles. The van der Waals surface area contributed by atoms with E-state index in [-0.39, 0.29) is 0 Å². The van der Waals surface area contributed by atoms with Crippen LogP contribution in [0.3, 0.4) is 0 Å². The Labute approximate surface area is 404 Å². The van der Waals surface area contributed by atoms with E-state index in [1.54, 1.807) is 0 Å². The lowest BCUT2D eigenvalue weighted by Crippen LogP contribution is -2.22. The highest BCUT2D eigenvalue weighted by Crippen LogP contribution is 2.45. The van der Waals surface area contributed by atoms with Gasteiger partial charge < -0.3 is 4.90 Å². The smallest absolute Gasteiger partial charge is 0.0979 e. The van der Waals surface area contributed by atoms with Crippen molar-refractivity contribution < 1.29 is 0 Å². The van der Waals surface area contributed by atoms with Gasteiger partial charge in [0.25, 0.3) is 0 Å². The van der Waals surface area contributed by atoms with Crippen LogP contribution in [0.4, 0.5) is 11.4 Å². The molecule has 0 radical (unpaired) electrons. The van der Waals surface area contributed by atoms with Crippen molar-refractivity contribution in [3.63, 3.8) is 0 Å². The van der Waals surface area contributed by atoms with Crippen LogP contribution < -0.4 is 4.90 Å². The molecule has 0 amide bonds. The minimum absolute atomic E-state index is 0.866. The minimum Gasteiger partial charge on any atom is -0.367 e. The number of thiophene rings is 1. The van der Waals surface area contributed by atoms with Crippen molar-refractivity contribution in [3.8, 4) is 44.6 Å². The monoisotopic (exact) mass is 900 g/mol. The Morgan fingerprint density at radius 1 is 0.435 bits per heavy atom. The second kappa shape index (κ2) is 16.7. The zero-order chi connectivity index (χ0) is 46.0. The summed E-state index contributed by atoms with van der Waals surface area (Å²) in [6, 6.07) is 74.2. The molecule has 4 nitrogen and oxygen atoms in total. The maximum atomic E-state index is 5.29. The lowest BCUT2D eigenvalue weighted by molar-refractivity contribution is 1.06. The summed E-state index contributed by atoms with van der Waals surface area (Å²) in [5.74, 6) is 0. The third-order valence-electron chi connectivity index (χ3n) is 13.8. The molecule has 11 aromatic carbocycles. The third kappa shape index (κ3) is 7.01. The van der Waals surface area contributed by atoms with Crippen LogP contribution in [0.1, 0.15) is 5.56 Å². The highest BCUT2D eigenvalue weighted by molar-refractivity contribution is 7.26. The number of fused-ring (bicyclic) bond motifs is 15. The molecule has 0 fully saturated rings. The van der Waals surface area contributed by atoms with Crippen molar-refractivity contribution in [2.75, 3.05) is 18.5 Å². The van der Waals surface area contributed by atoms with Crippen LogP contribution in [0.2, 0.25) is 0 Å². The standard InChI is InChI=1S/C47H30N2S.C17H14N2/c1-29-11-8-12-30(23-29)33-25-34(27-35(26-33)36-20-10-21-42-39-17-6-7-22-44(39)50-47(36)42)31-13-9-14-32(24-31)43-28-48-45-40-18-4-2-15-37(40)38-16-3-5-19-41(38)46(45)49-43;1-19-11-10-18-16-14-8-4-2-6-12(14)13-7-3-5-9-15(13)17(16)19/h2-28H,1H3;2-10H,11H2,1H3. The van der Waals surface area contributed by atoms with Gasteiger partial charge in [0.2, 0.25) is 0 Å². The molecule has 0 spiro atoms. The van der Waals surface area contributed by atoms with Crippen LogP contribution in [0.25, 0.3) is 119 Å². The first kappa shape index (κ1) is 40.7. The van der Waals surface area contributed by atoms with Crippen LogP contribution in [-0.4, -0.2) is 29.8 Å². The van der Waals surface area contributed by atoms with E-state index in [1.165, 1.54) is 91.6 Å². The van der Waals surface area contributed by atoms with Gasteiger partial charge in [0.1, 0.15) is 0 Å². The molecule has 5 heteroatoms. The van der Waals surface area contributed by atoms with Crippen LogP contribution in [0.5, 0.6) is 0 Å². The van der Waals surface area contributed by atoms with Gasteiger partial charge in [0.05, 0.1) is 40.8 Å². The number of aromatic nitrogens is 2. The minimum atomic E-state index is 0.866. The Hall–Kier alpha value is -8.51. The fraction of sp³-hybridized carbons (Fsp3) is 0.0469. The SMILES string of the molecule is CN1CC=Nc2c1c1ccccc1c1ccccc21.Cc1cccc(-c2cc(-c3cccc(-c4cnc5c6ccccc6c6ccccc6c5n4)c3)cc(-c3cccc4c3sc3ccccc34)c2)c1. The van der Waals surface area contributed by atoms with Crippen molar-refractivity contribution in [3.05, 3.63) is 218 Å². The van der Waals surface area contributed by atoms with E-state index in [0.717, 1.165) is 50.9 Å². The molecule has 326 valence electrons. The summed E-state index contributed by atoms with van der Waals surface area (Å²) in [7, 11) is 2.13. The Morgan fingerprint density at radius 2 is 0.957 bits per heavy atom. The molecule has 0 N–H and O–H groups in total. The first-order valence-electron chi connectivity index (χ1n) is 23.5. The second-order valence-electron chi connectivity index (χ2n) is 18.1. The van der Waals surface area contributed by atoms with Gasteiger partial charge in [-0.2, -0.15) is 0 Å². The summed E-state index contributed by atoms with van der Waals surface area (Å²) < 4.78 is 2.64. The van der Waals surface area contributed by atoms with Gasteiger partial charge in [-0.05, 0) is 92.2 Å². The van der Waals surface area contributed by atoms with Crippen LogP contribution >= 0.6 is 11.3 Å². The van der Waals surface area contributed by atoms with Crippen molar-refractivity contribution >= 4 is 103 Å². The van der Waals surface area contributed by atoms with Gasteiger partial charge in [-0.25, -0.2) is 4.98 Å². The predicted molar refractivity (Wildman–Crippen MR) is 297 cm³/mol. The van der Waals surface area contributed by atoms with E-state index in [1.807, 2.05) is 23.7 Å². The first-order chi connectivity index (χ1) is 34.0. The number of benzene rings is 11. The van der Waals surface area contributed by atoms with Crippen LogP contribution in [0.15, 0.2) is 217 Å². The highest BCUT2D eigenvalue weighted by Gasteiger charge is 2.19. The molecule has 1 aliphatic rings. The zero-order valence-electron chi connectivity index (χ0n) is 38.2. The quantitative estimate of drug-likeness (QED) is 0.165. The number of anilines is 1. The molecule has 3 heterocycles. The molecule has 0 unspecified atom stereocenters. The number of hydrogen-bond acceptors (Lipinski definition) is 5. The fourth-order valence-corrected chi connectivity index (χ4v) is 11.7. The lowest BCUT2D eigenvalue weighted by atomic mass is 9.92. The van der Waals surface area contributed by atoms with Gasteiger partial charge in [0.15, 0.2) is 0 Å². The average Bonchev–Trinajstić information content (AvgIpc) is 3.80. The van der Waals surface area contributed by atoms with Gasteiger partial charge in [0, 0.05) is 60.5 Å². The molecule has 0 saturated carbocycles. The Kier molecular flexibility index (Phi) is 9.84. The lowest BCUT2D eigenvalue weighted by Gasteiger charge is -2.26. The number of rotatable bonds is 4. The summed E-state index contributed by atoms with van der Waals surface area (Å²) in [5, 5.41) is 12.4. The predicted octanol–water partition coefficient (Wildman–Crippen LogP) is 17.4. The number of hydrogen-bond donors (Lipinski definition) is 0. The zero-order valence-corrected chi connectivity index (χ0v) is 39.0. The van der Waals surface area contributed by atoms with E-state index < -0.39 is 0 Å². The maximum Gasteiger partial charge on any atom is 0.0979 e. The summed E-state index contributed by atoms with van der Waals surface area (Å²) >= 11 is 1.88. The van der Waals surface area contributed by atoms with Crippen LogP contribution in [0, 0.1) is 6.92 Å². The molecule has 1 aliphatic heterocycles. The van der Waals surface area contributed by atoms with Crippen molar-refractivity contribution in [2.45, 2.75) is 6.92 Å². The Morgan fingerprint density at radius 3 is 1.68 bits per heavy atom. The van der Waals surface area contributed by atoms with E-state index in [2.05, 4.69) is 230 Å². The van der Waals surface area contributed by atoms with Gasteiger partial charge >= 0.3 is 0 Å². The maximum absolute atomic E-state index is 5.29. The molecule has 13 aromatic rings. The van der Waals surface area contributed by atoms with E-state index >= 15 is 0 Å². The Balaban J connectivity index is 0.000000205. The molecule has 0 atom stereocenters. The van der Waals surface area contributed by atoms with Gasteiger partial charge in [-0.1, -0.05) is 181 Å². The summed E-state index contributed by atoms with van der Waals surface area (Å²) in [6.07, 6.45) is 3.92. The molecule has 0 bridgehead atoms. The molecular formula is C64H44N4S. The van der Waals surface area contributed by atoms with Gasteiger partial charge in [-0.3, -0.25) is 9.98 Å². The highest BCUT2D eigenvalue weighted by atomic mass is 32.1. The van der Waals surface area contributed by atoms with Crippen molar-refractivity contribution in [1.29, 1.82) is 0 Å². The van der Waals surface area contributed by atoms with E-state index in [4.69, 9.17) is 9.97 Å². The molecule has 14 rings (SSSR count). The van der Waals surface area contributed by atoms with Crippen molar-refractivity contribution in [2.24, 2.45) is 4.99 Å². The molecular weight excluding hydrogens is 857 g/mol. The first-order valence-corrected chi connectivity index (χ1v) is 24.3. The molecule has 0 saturated heterocycles. The number of aryl methyl sites for hydroxylation is 1. The van der Waals surface area contributed by atoms with Crippen molar-refractivity contribution in [1.82, 2.24) is 9.97 Å². The van der Waals surface area contributed by atoms with Gasteiger partial charge in [-0.15, -0.1) is 11.3 Å². The summed E-state index contributed by atoms with van der Waals surface area (Å²) in [6.45, 7) is 3.03. The number of nitrogens with zero attached hydrogens (tertiary/aromatic N) is 4. The van der Waals surface area contributed by atoms with Crippen LogP contribution in [-0.2, 0) is 0 Å². The number of aliphatic imine (C=N–C) groups is 1. The summed E-state index contributed by atoms with van der Waals surface area (Å²) in [4.78, 5) is 17.3. The fourth-order valence-electron chi connectivity index (χ4n) is 10.5. The van der Waals surface area contributed by atoms with E-state index in [9.17, 15) is 0 Å². The molecule has 69 heavy (non-hydrogen) atoms. The topological polar surface area (TPSA) is 41.4 Å². The normalized spacial score (nSPS) is 12.3. The molecule has 0 aliphatic carbocycles.